The van der Waals surface area contributed by atoms with Gasteiger partial charge in [0.15, 0.2) is 0 Å². The highest BCUT2D eigenvalue weighted by Gasteiger charge is 2.40. The fraction of sp³-hybridized carbons (Fsp3) is 0.292. The molecule has 1 aromatic heterocycles. The van der Waals surface area contributed by atoms with E-state index in [1.54, 1.807) is 6.92 Å². The standard InChI is InChI=1S/C24H25FN4O4S/c1-2-33-22(30)18-16-26-23(27-17-18)28-24(19-7-4-3-5-8-19)11-13-29(14-12-24)34(31,32)21-10-6-9-20(25)15-21/h3-10,15-17H,2,11-14H2,1H3,(H,26,27,28). The van der Waals surface area contributed by atoms with Crippen molar-refractivity contribution in [1.29, 1.82) is 0 Å². The van der Waals surface area contributed by atoms with E-state index in [1.807, 2.05) is 30.3 Å². The Hall–Kier alpha value is -3.37. The van der Waals surface area contributed by atoms with E-state index >= 15 is 0 Å². The minimum Gasteiger partial charge on any atom is -0.462 e. The number of carbonyl (C=O) groups is 1. The van der Waals surface area contributed by atoms with Gasteiger partial charge in [0.05, 0.1) is 22.6 Å². The maximum Gasteiger partial charge on any atom is 0.341 e. The molecule has 1 N–H and O–H groups in total. The second-order valence-corrected chi connectivity index (χ2v) is 9.89. The molecule has 1 aliphatic rings. The zero-order valence-corrected chi connectivity index (χ0v) is 19.5. The number of benzene rings is 2. The lowest BCUT2D eigenvalue weighted by atomic mass is 9.81. The van der Waals surface area contributed by atoms with Gasteiger partial charge in [0.1, 0.15) is 5.82 Å². The van der Waals surface area contributed by atoms with Crippen molar-refractivity contribution in [3.05, 3.63) is 83.9 Å². The van der Waals surface area contributed by atoms with Gasteiger partial charge in [0.25, 0.3) is 0 Å². The molecule has 0 radical (unpaired) electrons. The molecule has 0 spiro atoms. The molecule has 1 fully saturated rings. The number of nitrogens with zero attached hydrogens (tertiary/aromatic N) is 3. The molecule has 1 aliphatic heterocycles. The predicted molar refractivity (Wildman–Crippen MR) is 124 cm³/mol. The van der Waals surface area contributed by atoms with Crippen molar-refractivity contribution in [2.75, 3.05) is 25.0 Å². The number of rotatable bonds is 7. The number of aromatic nitrogens is 2. The summed E-state index contributed by atoms with van der Waals surface area (Å²) in [5.74, 6) is -0.775. The van der Waals surface area contributed by atoms with E-state index in [9.17, 15) is 17.6 Å². The zero-order valence-electron chi connectivity index (χ0n) is 18.6. The second kappa shape index (κ2) is 9.86. The van der Waals surface area contributed by atoms with Gasteiger partial charge in [-0.3, -0.25) is 0 Å². The van der Waals surface area contributed by atoms with Crippen LogP contribution in [0.5, 0.6) is 0 Å². The molecule has 10 heteroatoms. The van der Waals surface area contributed by atoms with Crippen molar-refractivity contribution in [2.24, 2.45) is 0 Å². The average molecular weight is 485 g/mol. The summed E-state index contributed by atoms with van der Waals surface area (Å²) in [6, 6.07) is 14.7. The van der Waals surface area contributed by atoms with Crippen LogP contribution in [0.3, 0.4) is 0 Å². The number of sulfonamides is 1. The fourth-order valence-corrected chi connectivity index (χ4v) is 5.53. The van der Waals surface area contributed by atoms with Gasteiger partial charge in [-0.2, -0.15) is 4.31 Å². The Morgan fingerprint density at radius 1 is 1.09 bits per heavy atom. The van der Waals surface area contributed by atoms with Crippen LogP contribution in [0.25, 0.3) is 0 Å². The van der Waals surface area contributed by atoms with E-state index in [2.05, 4.69) is 15.3 Å². The molecule has 0 saturated carbocycles. The first-order chi connectivity index (χ1) is 16.3. The first kappa shape index (κ1) is 23.8. The number of anilines is 1. The molecule has 0 unspecified atom stereocenters. The molecule has 0 atom stereocenters. The summed E-state index contributed by atoms with van der Waals surface area (Å²) in [5, 5.41) is 3.37. The summed E-state index contributed by atoms with van der Waals surface area (Å²) >= 11 is 0. The van der Waals surface area contributed by atoms with Gasteiger partial charge in [0, 0.05) is 25.5 Å². The number of carbonyl (C=O) groups excluding carboxylic acids is 1. The van der Waals surface area contributed by atoms with Crippen molar-refractivity contribution >= 4 is 21.9 Å². The van der Waals surface area contributed by atoms with Gasteiger partial charge < -0.3 is 10.1 Å². The minimum absolute atomic E-state index is 0.0643. The zero-order chi connectivity index (χ0) is 24.2. The van der Waals surface area contributed by atoms with Gasteiger partial charge in [-0.05, 0) is 43.5 Å². The fourth-order valence-electron chi connectivity index (χ4n) is 4.05. The Labute approximate surface area is 197 Å². The SMILES string of the molecule is CCOC(=O)c1cnc(NC2(c3ccccc3)CCN(S(=O)(=O)c3cccc(F)c3)CC2)nc1. The van der Waals surface area contributed by atoms with E-state index in [-0.39, 0.29) is 30.2 Å². The lowest BCUT2D eigenvalue weighted by Crippen LogP contribution is -2.49. The van der Waals surface area contributed by atoms with Gasteiger partial charge in [-0.25, -0.2) is 27.6 Å². The number of halogens is 1. The number of hydrogen-bond donors (Lipinski definition) is 1. The first-order valence-electron chi connectivity index (χ1n) is 10.9. The smallest absolute Gasteiger partial charge is 0.341 e. The molecule has 34 heavy (non-hydrogen) atoms. The number of esters is 1. The highest BCUT2D eigenvalue weighted by molar-refractivity contribution is 7.89. The highest BCUT2D eigenvalue weighted by atomic mass is 32.2. The monoisotopic (exact) mass is 484 g/mol. The van der Waals surface area contributed by atoms with Crippen LogP contribution < -0.4 is 5.32 Å². The summed E-state index contributed by atoms with van der Waals surface area (Å²) in [5.41, 5.74) is 0.591. The van der Waals surface area contributed by atoms with Crippen molar-refractivity contribution in [3.8, 4) is 0 Å². The quantitative estimate of drug-likeness (QED) is 0.512. The largest absolute Gasteiger partial charge is 0.462 e. The van der Waals surface area contributed by atoms with Crippen LogP contribution in [-0.4, -0.2) is 48.4 Å². The van der Waals surface area contributed by atoms with E-state index in [4.69, 9.17) is 4.74 Å². The van der Waals surface area contributed by atoms with Crippen LogP contribution in [0.15, 0.2) is 71.9 Å². The normalized spacial score (nSPS) is 16.1. The van der Waals surface area contributed by atoms with E-state index < -0.39 is 27.3 Å². The molecular formula is C24H25FN4O4S. The van der Waals surface area contributed by atoms with Crippen molar-refractivity contribution in [1.82, 2.24) is 14.3 Å². The topological polar surface area (TPSA) is 101 Å². The Balaban J connectivity index is 1.57. The van der Waals surface area contributed by atoms with Gasteiger partial charge in [-0.15, -0.1) is 0 Å². The average Bonchev–Trinajstić information content (AvgIpc) is 2.85. The van der Waals surface area contributed by atoms with Crippen LogP contribution in [0, 0.1) is 5.82 Å². The van der Waals surface area contributed by atoms with Crippen LogP contribution in [0.4, 0.5) is 10.3 Å². The first-order valence-corrected chi connectivity index (χ1v) is 12.4. The van der Waals surface area contributed by atoms with Crippen LogP contribution in [0.1, 0.15) is 35.7 Å². The molecule has 2 aromatic carbocycles. The van der Waals surface area contributed by atoms with Crippen molar-refractivity contribution in [3.63, 3.8) is 0 Å². The third kappa shape index (κ3) is 4.92. The van der Waals surface area contributed by atoms with Crippen LogP contribution >= 0.6 is 0 Å². The Morgan fingerprint density at radius 3 is 2.38 bits per heavy atom. The summed E-state index contributed by atoms with van der Waals surface area (Å²) in [7, 11) is -3.83. The summed E-state index contributed by atoms with van der Waals surface area (Å²) in [6.07, 6.45) is 3.67. The Kier molecular flexibility index (Phi) is 6.90. The summed E-state index contributed by atoms with van der Waals surface area (Å²) in [4.78, 5) is 20.4. The number of ether oxygens (including phenoxy) is 1. The lowest BCUT2D eigenvalue weighted by molar-refractivity contribution is 0.0525. The number of piperidine rings is 1. The molecule has 178 valence electrons. The maximum atomic E-state index is 13.6. The molecule has 0 amide bonds. The molecule has 0 aliphatic carbocycles. The number of nitrogens with one attached hydrogen (secondary N) is 1. The maximum absolute atomic E-state index is 13.6. The molecule has 0 bridgehead atoms. The second-order valence-electron chi connectivity index (χ2n) is 7.95. The molecule has 2 heterocycles. The third-order valence-electron chi connectivity index (χ3n) is 5.85. The Bertz CT molecular complexity index is 1250. The minimum atomic E-state index is -3.83. The van der Waals surface area contributed by atoms with E-state index in [1.165, 1.54) is 34.9 Å². The highest BCUT2D eigenvalue weighted by Crippen LogP contribution is 2.37. The van der Waals surface area contributed by atoms with Crippen LogP contribution in [0.2, 0.25) is 0 Å². The molecule has 3 aromatic rings. The third-order valence-corrected chi connectivity index (χ3v) is 7.74. The molecule has 8 nitrogen and oxygen atoms in total. The van der Waals surface area contributed by atoms with Crippen molar-refractivity contribution < 1.29 is 22.3 Å². The van der Waals surface area contributed by atoms with Gasteiger partial charge in [-0.1, -0.05) is 36.4 Å². The van der Waals surface area contributed by atoms with Crippen molar-refractivity contribution in [2.45, 2.75) is 30.2 Å². The molecule has 4 rings (SSSR count). The van der Waals surface area contributed by atoms with E-state index in [0.29, 0.717) is 18.8 Å². The van der Waals surface area contributed by atoms with Gasteiger partial charge in [0.2, 0.25) is 16.0 Å². The predicted octanol–water partition coefficient (Wildman–Crippen LogP) is 3.58. The Morgan fingerprint density at radius 2 is 1.76 bits per heavy atom. The van der Waals surface area contributed by atoms with Crippen LogP contribution in [-0.2, 0) is 20.3 Å². The van der Waals surface area contributed by atoms with E-state index in [0.717, 1.165) is 11.6 Å². The lowest BCUT2D eigenvalue weighted by Gasteiger charge is -2.42. The van der Waals surface area contributed by atoms with Gasteiger partial charge >= 0.3 is 5.97 Å². The summed E-state index contributed by atoms with van der Waals surface area (Å²) < 4.78 is 46.1. The molecule has 1 saturated heterocycles. The summed E-state index contributed by atoms with van der Waals surface area (Å²) in [6.45, 7) is 2.42. The number of hydrogen-bond acceptors (Lipinski definition) is 7. The molecular weight excluding hydrogens is 459 g/mol.